The van der Waals surface area contributed by atoms with Crippen molar-refractivity contribution in [3.8, 4) is 0 Å². The molecule has 2 aliphatic carbocycles. The van der Waals surface area contributed by atoms with Gasteiger partial charge >= 0.3 is 0 Å². The molecule has 0 spiro atoms. The molecule has 3 unspecified atom stereocenters. The lowest BCUT2D eigenvalue weighted by Gasteiger charge is -2.45. The van der Waals surface area contributed by atoms with Crippen LogP contribution in [0.4, 0.5) is 0 Å². The van der Waals surface area contributed by atoms with Gasteiger partial charge in [-0.15, -0.1) is 0 Å². The predicted molar refractivity (Wildman–Crippen MR) is 64.2 cm³/mol. The van der Waals surface area contributed by atoms with Gasteiger partial charge in [-0.3, -0.25) is 4.90 Å². The Morgan fingerprint density at radius 3 is 2.56 bits per heavy atom. The molecule has 2 N–H and O–H groups in total. The molecule has 3 heteroatoms. The van der Waals surface area contributed by atoms with E-state index in [1.807, 2.05) is 7.11 Å². The summed E-state index contributed by atoms with van der Waals surface area (Å²) in [6.45, 7) is 2.88. The van der Waals surface area contributed by atoms with Crippen molar-refractivity contribution in [2.24, 2.45) is 17.6 Å². The summed E-state index contributed by atoms with van der Waals surface area (Å²) in [5, 5.41) is 0. The molecular weight excluding hydrogens is 200 g/mol. The van der Waals surface area contributed by atoms with Gasteiger partial charge in [0.15, 0.2) is 0 Å². The molecule has 3 atom stereocenters. The van der Waals surface area contributed by atoms with Crippen molar-refractivity contribution in [1.82, 2.24) is 4.90 Å². The Hall–Kier alpha value is -0.120. The molecule has 3 nitrogen and oxygen atoms in total. The second-order valence-electron chi connectivity index (χ2n) is 6.00. The average molecular weight is 224 g/mol. The highest BCUT2D eigenvalue weighted by molar-refractivity contribution is 5.09. The maximum Gasteiger partial charge on any atom is 0.0661 e. The van der Waals surface area contributed by atoms with Crippen LogP contribution in [-0.4, -0.2) is 43.3 Å². The molecule has 2 saturated carbocycles. The fourth-order valence-corrected chi connectivity index (χ4v) is 4.12. The summed E-state index contributed by atoms with van der Waals surface area (Å²) in [6, 6.07) is 0.810. The summed E-state index contributed by atoms with van der Waals surface area (Å²) < 4.78 is 5.50. The Labute approximate surface area is 98.3 Å². The zero-order chi connectivity index (χ0) is 11.2. The molecule has 16 heavy (non-hydrogen) atoms. The van der Waals surface area contributed by atoms with Crippen LogP contribution in [0.5, 0.6) is 0 Å². The van der Waals surface area contributed by atoms with Crippen LogP contribution in [0.3, 0.4) is 0 Å². The van der Waals surface area contributed by atoms with Crippen LogP contribution in [-0.2, 0) is 4.74 Å². The molecule has 3 rings (SSSR count). The molecule has 0 amide bonds. The molecular formula is C13H24N2O. The lowest BCUT2D eigenvalue weighted by atomic mass is 9.89. The van der Waals surface area contributed by atoms with E-state index in [-0.39, 0.29) is 5.54 Å². The number of ether oxygens (including phenoxy) is 1. The van der Waals surface area contributed by atoms with E-state index in [1.54, 1.807) is 0 Å². The van der Waals surface area contributed by atoms with Crippen LogP contribution in [0.1, 0.15) is 32.1 Å². The summed E-state index contributed by atoms with van der Waals surface area (Å²) >= 11 is 0. The third kappa shape index (κ3) is 1.52. The minimum absolute atomic E-state index is 0.175. The van der Waals surface area contributed by atoms with Gasteiger partial charge in [0.1, 0.15) is 0 Å². The average Bonchev–Trinajstić information content (AvgIpc) is 2.94. The number of hydrogen-bond acceptors (Lipinski definition) is 3. The van der Waals surface area contributed by atoms with E-state index in [2.05, 4.69) is 4.90 Å². The van der Waals surface area contributed by atoms with Crippen molar-refractivity contribution >= 4 is 0 Å². The highest BCUT2D eigenvalue weighted by Gasteiger charge is 2.54. The van der Waals surface area contributed by atoms with E-state index < -0.39 is 0 Å². The van der Waals surface area contributed by atoms with Crippen molar-refractivity contribution in [2.45, 2.75) is 43.7 Å². The minimum Gasteiger partial charge on any atom is -0.383 e. The monoisotopic (exact) mass is 224 g/mol. The van der Waals surface area contributed by atoms with Gasteiger partial charge in [0.2, 0.25) is 0 Å². The normalized spacial score (nSPS) is 37.9. The van der Waals surface area contributed by atoms with Gasteiger partial charge in [0.25, 0.3) is 0 Å². The maximum absolute atomic E-state index is 6.12. The van der Waals surface area contributed by atoms with Crippen molar-refractivity contribution in [3.05, 3.63) is 0 Å². The summed E-state index contributed by atoms with van der Waals surface area (Å²) in [5.41, 5.74) is 6.30. The van der Waals surface area contributed by atoms with Gasteiger partial charge in [0, 0.05) is 26.2 Å². The number of nitrogens with two attached hydrogens (primary N) is 1. The Balaban J connectivity index is 1.81. The highest BCUT2D eigenvalue weighted by Crippen LogP contribution is 2.49. The van der Waals surface area contributed by atoms with E-state index in [1.165, 1.54) is 38.6 Å². The van der Waals surface area contributed by atoms with Gasteiger partial charge in [-0.1, -0.05) is 0 Å². The molecule has 0 radical (unpaired) electrons. The maximum atomic E-state index is 6.12. The molecule has 1 saturated heterocycles. The van der Waals surface area contributed by atoms with Crippen molar-refractivity contribution < 1.29 is 4.74 Å². The number of likely N-dealkylation sites (tertiary alicyclic amines) is 1. The van der Waals surface area contributed by atoms with E-state index in [9.17, 15) is 0 Å². The smallest absolute Gasteiger partial charge is 0.0661 e. The molecule has 0 aromatic heterocycles. The van der Waals surface area contributed by atoms with Crippen LogP contribution in [0, 0.1) is 11.8 Å². The first kappa shape index (κ1) is 11.0. The molecule has 1 heterocycles. The molecule has 2 bridgehead atoms. The molecule has 0 aromatic rings. The largest absolute Gasteiger partial charge is 0.383 e. The van der Waals surface area contributed by atoms with Gasteiger partial charge in [0.05, 0.1) is 12.1 Å². The first-order chi connectivity index (χ1) is 7.80. The third-order valence-electron chi connectivity index (χ3n) is 5.07. The Morgan fingerprint density at radius 2 is 2.12 bits per heavy atom. The van der Waals surface area contributed by atoms with Gasteiger partial charge in [-0.25, -0.2) is 0 Å². The summed E-state index contributed by atoms with van der Waals surface area (Å²) in [5.74, 6) is 1.75. The standard InChI is InChI=1S/C13H24N2O/c1-16-9-13(8-14,11-3-4-11)15-7-10-2-5-12(15)6-10/h10-12H,2-9,14H2,1H3. The Morgan fingerprint density at radius 1 is 1.31 bits per heavy atom. The molecule has 3 aliphatic rings. The number of nitrogens with zero attached hydrogens (tertiary/aromatic N) is 1. The summed E-state index contributed by atoms with van der Waals surface area (Å²) in [6.07, 6.45) is 6.96. The van der Waals surface area contributed by atoms with Crippen molar-refractivity contribution in [3.63, 3.8) is 0 Å². The second-order valence-corrected chi connectivity index (χ2v) is 6.00. The predicted octanol–water partition coefficient (Wildman–Crippen LogP) is 1.22. The van der Waals surface area contributed by atoms with E-state index in [0.717, 1.165) is 31.0 Å². The lowest BCUT2D eigenvalue weighted by molar-refractivity contribution is -0.0186. The first-order valence-electron chi connectivity index (χ1n) is 6.76. The van der Waals surface area contributed by atoms with Crippen LogP contribution in [0.15, 0.2) is 0 Å². The van der Waals surface area contributed by atoms with E-state index in [0.29, 0.717) is 0 Å². The second kappa shape index (κ2) is 3.97. The SMILES string of the molecule is COCC(CN)(C1CC1)N1CC2CCC1C2. The zero-order valence-electron chi connectivity index (χ0n) is 10.3. The number of piperidine rings is 1. The fourth-order valence-electron chi connectivity index (χ4n) is 4.12. The number of rotatable bonds is 5. The van der Waals surface area contributed by atoms with Crippen molar-refractivity contribution in [1.29, 1.82) is 0 Å². The number of fused-ring (bicyclic) bond motifs is 2. The van der Waals surface area contributed by atoms with Crippen LogP contribution in [0.2, 0.25) is 0 Å². The van der Waals surface area contributed by atoms with Crippen LogP contribution >= 0.6 is 0 Å². The topological polar surface area (TPSA) is 38.5 Å². The molecule has 3 fully saturated rings. The van der Waals surface area contributed by atoms with Crippen LogP contribution < -0.4 is 5.73 Å². The van der Waals surface area contributed by atoms with Gasteiger partial charge in [-0.05, 0) is 43.9 Å². The molecule has 92 valence electrons. The van der Waals surface area contributed by atoms with Crippen LogP contribution in [0.25, 0.3) is 0 Å². The number of hydrogen-bond donors (Lipinski definition) is 1. The Kier molecular flexibility index (Phi) is 2.73. The minimum atomic E-state index is 0.175. The quantitative estimate of drug-likeness (QED) is 0.763. The zero-order valence-corrected chi connectivity index (χ0v) is 10.3. The summed E-state index contributed by atoms with van der Waals surface area (Å²) in [4.78, 5) is 2.72. The van der Waals surface area contributed by atoms with E-state index >= 15 is 0 Å². The van der Waals surface area contributed by atoms with Gasteiger partial charge in [-0.2, -0.15) is 0 Å². The fraction of sp³-hybridized carbons (Fsp3) is 1.00. The number of methoxy groups -OCH3 is 1. The highest BCUT2D eigenvalue weighted by atomic mass is 16.5. The third-order valence-corrected chi connectivity index (χ3v) is 5.07. The van der Waals surface area contributed by atoms with E-state index in [4.69, 9.17) is 10.5 Å². The Bertz CT molecular complexity index is 267. The summed E-state index contributed by atoms with van der Waals surface area (Å²) in [7, 11) is 1.82. The lowest BCUT2D eigenvalue weighted by Crippen LogP contribution is -2.60. The first-order valence-corrected chi connectivity index (χ1v) is 6.76. The van der Waals surface area contributed by atoms with Crippen molar-refractivity contribution in [2.75, 3.05) is 26.8 Å². The van der Waals surface area contributed by atoms with Gasteiger partial charge < -0.3 is 10.5 Å². The molecule has 1 aliphatic heterocycles. The molecule has 0 aromatic carbocycles.